The molecule has 2 aromatic carbocycles. The molecule has 1 N–H and O–H groups in total. The number of ether oxygens (including phenoxy) is 1. The number of hydrogen-bond donors (Lipinski definition) is 1. The molecule has 0 fully saturated rings. The summed E-state index contributed by atoms with van der Waals surface area (Å²) in [5.74, 6) is -0.365. The van der Waals surface area contributed by atoms with Gasteiger partial charge in [0.1, 0.15) is 18.1 Å². The van der Waals surface area contributed by atoms with Crippen molar-refractivity contribution in [2.45, 2.75) is 25.6 Å². The van der Waals surface area contributed by atoms with E-state index in [1.54, 1.807) is 43.5 Å². The Balaban J connectivity index is 1.56. The van der Waals surface area contributed by atoms with E-state index in [0.29, 0.717) is 29.7 Å². The molecule has 1 aromatic heterocycles. The van der Waals surface area contributed by atoms with Gasteiger partial charge in [-0.25, -0.2) is 4.39 Å². The Hall–Kier alpha value is -3.48. The number of ketones is 1. The number of nitrogens with zero attached hydrogens (tertiary/aromatic N) is 1. The molecule has 148 valence electrons. The Kier molecular flexibility index (Phi) is 5.12. The van der Waals surface area contributed by atoms with Crippen LogP contribution in [-0.2, 0) is 13.1 Å². The second kappa shape index (κ2) is 7.87. The molecule has 1 atom stereocenters. The van der Waals surface area contributed by atoms with E-state index in [2.05, 4.69) is 10.5 Å². The van der Waals surface area contributed by atoms with Crippen molar-refractivity contribution in [3.05, 3.63) is 71.0 Å². The number of Topliss-reactive ketones (excluding diaryl/α,β-unsaturated/α-hetero) is 1. The number of fused-ring (bicyclic) bond motifs is 1. The lowest BCUT2D eigenvalue weighted by atomic mass is 9.87. The van der Waals surface area contributed by atoms with Gasteiger partial charge < -0.3 is 14.6 Å². The smallest absolute Gasteiger partial charge is 0.290 e. The van der Waals surface area contributed by atoms with Crippen molar-refractivity contribution >= 4 is 11.7 Å². The van der Waals surface area contributed by atoms with Gasteiger partial charge in [0.2, 0.25) is 5.76 Å². The Morgan fingerprint density at radius 3 is 2.79 bits per heavy atom. The lowest BCUT2D eigenvalue weighted by Crippen LogP contribution is -2.43. The predicted molar refractivity (Wildman–Crippen MR) is 104 cm³/mol. The number of aryl methyl sites for hydroxylation is 1. The molecule has 0 aliphatic heterocycles. The quantitative estimate of drug-likeness (QED) is 0.713. The summed E-state index contributed by atoms with van der Waals surface area (Å²) >= 11 is 0. The molecule has 29 heavy (non-hydrogen) atoms. The summed E-state index contributed by atoms with van der Waals surface area (Å²) in [5.41, 5.74) is 2.44. The minimum Gasteiger partial charge on any atom is -0.497 e. The molecule has 1 heterocycles. The number of aromatic nitrogens is 1. The molecular formula is C22H19FN2O4. The number of rotatable bonds is 5. The largest absolute Gasteiger partial charge is 0.497 e. The fourth-order valence-corrected chi connectivity index (χ4v) is 3.56. The number of nitrogens with one attached hydrogen (secondary N) is 1. The van der Waals surface area contributed by atoms with Crippen molar-refractivity contribution < 1.29 is 23.2 Å². The van der Waals surface area contributed by atoms with E-state index in [0.717, 1.165) is 5.56 Å². The molecular weight excluding hydrogens is 375 g/mol. The van der Waals surface area contributed by atoms with Gasteiger partial charge in [0.15, 0.2) is 5.78 Å². The molecule has 7 heteroatoms. The number of carbonyl (C=O) groups excluding carboxylic acids is 2. The fourth-order valence-electron chi connectivity index (χ4n) is 3.56. The third-order valence-electron chi connectivity index (χ3n) is 5.08. The number of carbonyl (C=O) groups is 2. The van der Waals surface area contributed by atoms with Crippen molar-refractivity contribution in [3.63, 3.8) is 0 Å². The van der Waals surface area contributed by atoms with Crippen LogP contribution >= 0.6 is 0 Å². The second-order valence-electron chi connectivity index (χ2n) is 6.79. The Morgan fingerprint density at radius 2 is 2.07 bits per heavy atom. The van der Waals surface area contributed by atoms with Crippen molar-refractivity contribution in [1.29, 1.82) is 0 Å². The Labute approximate surface area is 166 Å². The first-order valence-electron chi connectivity index (χ1n) is 9.24. The maximum Gasteiger partial charge on any atom is 0.290 e. The van der Waals surface area contributed by atoms with Gasteiger partial charge in [-0.3, -0.25) is 9.59 Å². The summed E-state index contributed by atoms with van der Waals surface area (Å²) in [6, 6.07) is 13.5. The van der Waals surface area contributed by atoms with Gasteiger partial charge in [-0.15, -0.1) is 0 Å². The summed E-state index contributed by atoms with van der Waals surface area (Å²) in [6.07, 6.45) is 1.06. The van der Waals surface area contributed by atoms with Crippen LogP contribution in [0, 0.1) is 0 Å². The third-order valence-corrected chi connectivity index (χ3v) is 5.08. The van der Waals surface area contributed by atoms with Crippen molar-refractivity contribution in [1.82, 2.24) is 10.5 Å². The van der Waals surface area contributed by atoms with Crippen LogP contribution < -0.4 is 10.1 Å². The molecule has 3 aromatic rings. The van der Waals surface area contributed by atoms with Crippen LogP contribution in [0.5, 0.6) is 5.75 Å². The highest BCUT2D eigenvalue weighted by molar-refractivity contribution is 6.06. The van der Waals surface area contributed by atoms with E-state index in [-0.39, 0.29) is 22.8 Å². The summed E-state index contributed by atoms with van der Waals surface area (Å²) in [6.45, 7) is -0.905. The number of benzene rings is 2. The summed E-state index contributed by atoms with van der Waals surface area (Å²) in [4.78, 5) is 25.5. The van der Waals surface area contributed by atoms with Gasteiger partial charge in [0.25, 0.3) is 5.91 Å². The SMILES string of the molecule is COc1ccc2c(c1)CCC(NC(=O)c1onc(-c3ccccc3)c1CF)C2=O. The van der Waals surface area contributed by atoms with E-state index < -0.39 is 18.6 Å². The average Bonchev–Trinajstić information content (AvgIpc) is 3.20. The Morgan fingerprint density at radius 1 is 1.28 bits per heavy atom. The molecule has 0 spiro atoms. The minimum atomic E-state index is -0.905. The summed E-state index contributed by atoms with van der Waals surface area (Å²) in [7, 11) is 1.57. The number of methoxy groups -OCH3 is 1. The van der Waals surface area contributed by atoms with Crippen LogP contribution in [-0.4, -0.2) is 30.0 Å². The molecule has 1 aliphatic rings. The van der Waals surface area contributed by atoms with Gasteiger partial charge in [0, 0.05) is 11.1 Å². The molecule has 1 aliphatic carbocycles. The highest BCUT2D eigenvalue weighted by Crippen LogP contribution is 2.28. The van der Waals surface area contributed by atoms with E-state index in [1.165, 1.54) is 0 Å². The molecule has 0 radical (unpaired) electrons. The molecule has 0 saturated heterocycles. The van der Waals surface area contributed by atoms with Gasteiger partial charge in [-0.1, -0.05) is 35.5 Å². The topological polar surface area (TPSA) is 81.4 Å². The van der Waals surface area contributed by atoms with Crippen molar-refractivity contribution in [2.24, 2.45) is 0 Å². The highest BCUT2D eigenvalue weighted by Gasteiger charge is 2.31. The van der Waals surface area contributed by atoms with Crippen molar-refractivity contribution in [3.8, 4) is 17.0 Å². The zero-order valence-corrected chi connectivity index (χ0v) is 15.8. The predicted octanol–water partition coefficient (Wildman–Crippen LogP) is 3.75. The van der Waals surface area contributed by atoms with Gasteiger partial charge in [0.05, 0.1) is 18.7 Å². The number of hydrogen-bond acceptors (Lipinski definition) is 5. The highest BCUT2D eigenvalue weighted by atomic mass is 19.1. The number of alkyl halides is 1. The van der Waals surface area contributed by atoms with E-state index in [9.17, 15) is 14.0 Å². The van der Waals surface area contributed by atoms with Gasteiger partial charge >= 0.3 is 0 Å². The van der Waals surface area contributed by atoms with E-state index in [1.807, 2.05) is 12.1 Å². The molecule has 1 unspecified atom stereocenters. The van der Waals surface area contributed by atoms with Gasteiger partial charge in [-0.05, 0) is 36.6 Å². The fraction of sp³-hybridized carbons (Fsp3) is 0.227. The lowest BCUT2D eigenvalue weighted by Gasteiger charge is -2.24. The van der Waals surface area contributed by atoms with Crippen LogP contribution in [0.3, 0.4) is 0 Å². The lowest BCUT2D eigenvalue weighted by molar-refractivity contribution is 0.0823. The van der Waals surface area contributed by atoms with Crippen molar-refractivity contribution in [2.75, 3.05) is 7.11 Å². The van der Waals surface area contributed by atoms with Crippen LogP contribution in [0.4, 0.5) is 4.39 Å². The van der Waals surface area contributed by atoms with E-state index >= 15 is 0 Å². The van der Waals surface area contributed by atoms with Crippen LogP contribution in [0.25, 0.3) is 11.3 Å². The minimum absolute atomic E-state index is 0.0714. The number of halogens is 1. The molecule has 1 amide bonds. The molecule has 0 saturated carbocycles. The summed E-state index contributed by atoms with van der Waals surface area (Å²) in [5, 5.41) is 6.54. The van der Waals surface area contributed by atoms with E-state index in [4.69, 9.17) is 9.26 Å². The third kappa shape index (κ3) is 3.51. The number of amides is 1. The zero-order valence-electron chi connectivity index (χ0n) is 15.8. The molecule has 4 rings (SSSR count). The normalized spacial score (nSPS) is 15.7. The second-order valence-corrected chi connectivity index (χ2v) is 6.79. The first-order chi connectivity index (χ1) is 14.1. The Bertz CT molecular complexity index is 1060. The zero-order chi connectivity index (χ0) is 20.4. The van der Waals surface area contributed by atoms with Crippen LogP contribution in [0.15, 0.2) is 53.1 Å². The monoisotopic (exact) mass is 394 g/mol. The first kappa shape index (κ1) is 18.9. The average molecular weight is 394 g/mol. The van der Waals surface area contributed by atoms with Crippen LogP contribution in [0.1, 0.15) is 38.5 Å². The maximum atomic E-state index is 13.7. The van der Waals surface area contributed by atoms with Crippen LogP contribution in [0.2, 0.25) is 0 Å². The summed E-state index contributed by atoms with van der Waals surface area (Å²) < 4.78 is 24.0. The molecule has 6 nitrogen and oxygen atoms in total. The maximum absolute atomic E-state index is 13.7. The van der Waals surface area contributed by atoms with Gasteiger partial charge in [-0.2, -0.15) is 0 Å². The standard InChI is InChI=1S/C22H19FN2O4/c1-28-15-8-9-16-14(11-15)7-10-18(20(16)26)24-22(27)21-17(12-23)19(25-29-21)13-5-3-2-4-6-13/h2-6,8-9,11,18H,7,10,12H2,1H3,(H,24,27). The molecule has 0 bridgehead atoms. The first-order valence-corrected chi connectivity index (χ1v) is 9.24.